The number of ether oxygens (including phenoxy) is 1. The fourth-order valence-corrected chi connectivity index (χ4v) is 2.39. The van der Waals surface area contributed by atoms with Gasteiger partial charge in [-0.15, -0.1) is 0 Å². The van der Waals surface area contributed by atoms with E-state index < -0.39 is 11.7 Å². The van der Waals surface area contributed by atoms with Gasteiger partial charge in [-0.3, -0.25) is 0 Å². The molecule has 5 nitrogen and oxygen atoms in total. The third-order valence-corrected chi connectivity index (χ3v) is 3.44. The first-order valence-electron chi connectivity index (χ1n) is 7.52. The minimum absolute atomic E-state index is 0.146. The molecule has 0 bridgehead atoms. The first-order chi connectivity index (χ1) is 10.3. The number of nitrogens with zero attached hydrogens (tertiary/aromatic N) is 1. The Morgan fingerprint density at radius 1 is 1.36 bits per heavy atom. The van der Waals surface area contributed by atoms with Crippen molar-refractivity contribution in [2.45, 2.75) is 38.8 Å². The lowest BCUT2D eigenvalue weighted by atomic mass is 10.0. The van der Waals surface area contributed by atoms with Gasteiger partial charge in [-0.25, -0.2) is 4.79 Å². The van der Waals surface area contributed by atoms with E-state index in [4.69, 9.17) is 10.5 Å². The third-order valence-electron chi connectivity index (χ3n) is 3.44. The van der Waals surface area contributed by atoms with E-state index in [-0.39, 0.29) is 6.04 Å². The average Bonchev–Trinajstić information content (AvgIpc) is 2.77. The van der Waals surface area contributed by atoms with Crippen LogP contribution in [0.4, 0.5) is 4.79 Å². The van der Waals surface area contributed by atoms with Crippen LogP contribution in [0.3, 0.4) is 0 Å². The van der Waals surface area contributed by atoms with Crippen LogP contribution in [-0.2, 0) is 18.2 Å². The molecule has 120 valence electrons. The predicted octanol–water partition coefficient (Wildman–Crippen LogP) is 2.57. The maximum atomic E-state index is 11.9. The number of nitrogens with one attached hydrogen (secondary N) is 1. The fourth-order valence-electron chi connectivity index (χ4n) is 2.39. The van der Waals surface area contributed by atoms with E-state index in [0.29, 0.717) is 13.0 Å². The van der Waals surface area contributed by atoms with Crippen LogP contribution in [0.1, 0.15) is 26.3 Å². The molecule has 1 aromatic carbocycles. The molecule has 3 N–H and O–H groups in total. The monoisotopic (exact) mass is 303 g/mol. The number of carbonyl (C=O) groups is 1. The van der Waals surface area contributed by atoms with Gasteiger partial charge in [0.1, 0.15) is 5.60 Å². The highest BCUT2D eigenvalue weighted by molar-refractivity contribution is 5.80. The lowest BCUT2D eigenvalue weighted by Gasteiger charge is -2.23. The summed E-state index contributed by atoms with van der Waals surface area (Å²) in [5.41, 5.74) is 7.58. The van der Waals surface area contributed by atoms with Crippen LogP contribution >= 0.6 is 0 Å². The molecule has 1 atom stereocenters. The van der Waals surface area contributed by atoms with Crippen LogP contribution in [-0.4, -0.2) is 28.8 Å². The van der Waals surface area contributed by atoms with Gasteiger partial charge in [0.05, 0.1) is 0 Å². The normalized spacial score (nSPS) is 13.1. The van der Waals surface area contributed by atoms with E-state index in [9.17, 15) is 4.79 Å². The number of amides is 1. The molecule has 2 rings (SSSR count). The Labute approximate surface area is 131 Å². The highest BCUT2D eigenvalue weighted by Gasteiger charge is 2.19. The lowest BCUT2D eigenvalue weighted by Crippen LogP contribution is -2.44. The zero-order valence-electron chi connectivity index (χ0n) is 13.7. The number of aromatic nitrogens is 1. The molecule has 0 aliphatic carbocycles. The van der Waals surface area contributed by atoms with E-state index in [1.165, 1.54) is 10.9 Å². The predicted molar refractivity (Wildman–Crippen MR) is 88.8 cm³/mol. The standard InChI is InChI=1S/C17H25N3O2/c1-17(2,3)22-16(21)19-14(11-18)9-12-5-6-13-7-8-20(4)15(13)10-12/h5-8,10,14H,9,11,18H2,1-4H3,(H,19,21). The molecule has 0 radical (unpaired) electrons. The summed E-state index contributed by atoms with van der Waals surface area (Å²) >= 11 is 0. The number of alkyl carbamates (subject to hydrolysis) is 1. The number of nitrogens with two attached hydrogens (primary N) is 1. The Balaban J connectivity index is 2.05. The molecular formula is C17H25N3O2. The van der Waals surface area contributed by atoms with Crippen molar-refractivity contribution in [1.82, 2.24) is 9.88 Å². The van der Waals surface area contributed by atoms with E-state index in [2.05, 4.69) is 34.1 Å². The number of rotatable bonds is 4. The van der Waals surface area contributed by atoms with Crippen molar-refractivity contribution in [3.05, 3.63) is 36.0 Å². The second-order valence-corrected chi connectivity index (χ2v) is 6.60. The van der Waals surface area contributed by atoms with E-state index in [1.54, 1.807) is 0 Å². The summed E-state index contributed by atoms with van der Waals surface area (Å²) in [5, 5.41) is 4.04. The topological polar surface area (TPSA) is 69.3 Å². The van der Waals surface area contributed by atoms with Gasteiger partial charge in [0.15, 0.2) is 0 Å². The summed E-state index contributed by atoms with van der Waals surface area (Å²) in [7, 11) is 2.02. The lowest BCUT2D eigenvalue weighted by molar-refractivity contribution is 0.0506. The zero-order valence-corrected chi connectivity index (χ0v) is 13.7. The molecular weight excluding hydrogens is 278 g/mol. The van der Waals surface area contributed by atoms with Crippen molar-refractivity contribution in [2.75, 3.05) is 6.54 Å². The summed E-state index contributed by atoms with van der Waals surface area (Å²) in [6, 6.07) is 8.23. The van der Waals surface area contributed by atoms with E-state index in [1.807, 2.05) is 34.0 Å². The molecule has 0 saturated heterocycles. The minimum Gasteiger partial charge on any atom is -0.444 e. The van der Waals surface area contributed by atoms with Crippen LogP contribution < -0.4 is 11.1 Å². The molecule has 0 saturated carbocycles. The third kappa shape index (κ3) is 4.24. The van der Waals surface area contributed by atoms with Crippen LogP contribution in [0.2, 0.25) is 0 Å². The van der Waals surface area contributed by atoms with Crippen molar-refractivity contribution in [1.29, 1.82) is 0 Å². The molecule has 1 amide bonds. The molecule has 0 fully saturated rings. The number of benzene rings is 1. The summed E-state index contributed by atoms with van der Waals surface area (Å²) < 4.78 is 7.36. The summed E-state index contributed by atoms with van der Waals surface area (Å²) in [5.74, 6) is 0. The number of hydrogen-bond donors (Lipinski definition) is 2. The zero-order chi connectivity index (χ0) is 16.3. The van der Waals surface area contributed by atoms with E-state index in [0.717, 1.165) is 5.56 Å². The maximum absolute atomic E-state index is 11.9. The summed E-state index contributed by atoms with van der Waals surface area (Å²) in [4.78, 5) is 11.9. The number of aryl methyl sites for hydroxylation is 1. The molecule has 0 aliphatic heterocycles. The second-order valence-electron chi connectivity index (χ2n) is 6.60. The van der Waals surface area contributed by atoms with Gasteiger partial charge in [0.25, 0.3) is 0 Å². The summed E-state index contributed by atoms with van der Waals surface area (Å²) in [6.45, 7) is 5.89. The second kappa shape index (κ2) is 6.40. The van der Waals surface area contributed by atoms with Crippen molar-refractivity contribution < 1.29 is 9.53 Å². The van der Waals surface area contributed by atoms with Crippen molar-refractivity contribution >= 4 is 17.0 Å². The van der Waals surface area contributed by atoms with Crippen LogP contribution in [0.25, 0.3) is 10.9 Å². The SMILES string of the molecule is Cn1ccc2ccc(CC(CN)NC(=O)OC(C)(C)C)cc21. The molecule has 0 aliphatic rings. The van der Waals surface area contributed by atoms with Crippen LogP contribution in [0.5, 0.6) is 0 Å². The number of hydrogen-bond acceptors (Lipinski definition) is 3. The Morgan fingerprint density at radius 2 is 2.09 bits per heavy atom. The van der Waals surface area contributed by atoms with E-state index >= 15 is 0 Å². The Bertz CT molecular complexity index is 655. The molecule has 1 aromatic heterocycles. The van der Waals surface area contributed by atoms with Gasteiger partial charge in [-0.2, -0.15) is 0 Å². The Morgan fingerprint density at radius 3 is 2.73 bits per heavy atom. The summed E-state index contributed by atoms with van der Waals surface area (Å²) in [6.07, 6.45) is 2.29. The molecule has 5 heteroatoms. The van der Waals surface area contributed by atoms with Gasteiger partial charge < -0.3 is 20.4 Å². The molecule has 1 heterocycles. The van der Waals surface area contributed by atoms with Gasteiger partial charge in [0.2, 0.25) is 0 Å². The molecule has 0 spiro atoms. The molecule has 2 aromatic rings. The fraction of sp³-hybridized carbons (Fsp3) is 0.471. The number of fused-ring (bicyclic) bond motifs is 1. The molecule has 1 unspecified atom stereocenters. The first-order valence-corrected chi connectivity index (χ1v) is 7.52. The van der Waals surface area contributed by atoms with Gasteiger partial charge in [0, 0.05) is 31.3 Å². The van der Waals surface area contributed by atoms with Crippen molar-refractivity contribution in [3.8, 4) is 0 Å². The quantitative estimate of drug-likeness (QED) is 0.912. The van der Waals surface area contributed by atoms with Gasteiger partial charge in [-0.05, 0) is 50.3 Å². The number of carbonyl (C=O) groups excluding carboxylic acids is 1. The largest absolute Gasteiger partial charge is 0.444 e. The van der Waals surface area contributed by atoms with Crippen molar-refractivity contribution in [3.63, 3.8) is 0 Å². The minimum atomic E-state index is -0.509. The Hall–Kier alpha value is -2.01. The highest BCUT2D eigenvalue weighted by Crippen LogP contribution is 2.17. The molecule has 22 heavy (non-hydrogen) atoms. The smallest absolute Gasteiger partial charge is 0.407 e. The maximum Gasteiger partial charge on any atom is 0.407 e. The van der Waals surface area contributed by atoms with Crippen LogP contribution in [0, 0.1) is 0 Å². The van der Waals surface area contributed by atoms with Crippen LogP contribution in [0.15, 0.2) is 30.5 Å². The van der Waals surface area contributed by atoms with Gasteiger partial charge >= 0.3 is 6.09 Å². The van der Waals surface area contributed by atoms with Gasteiger partial charge in [-0.1, -0.05) is 12.1 Å². The Kier molecular flexibility index (Phi) is 4.76. The van der Waals surface area contributed by atoms with Crippen molar-refractivity contribution in [2.24, 2.45) is 12.8 Å². The average molecular weight is 303 g/mol. The first kappa shape index (κ1) is 16.4. The highest BCUT2D eigenvalue weighted by atomic mass is 16.6.